The van der Waals surface area contributed by atoms with Crippen LogP contribution in [0.5, 0.6) is 17.2 Å². The van der Waals surface area contributed by atoms with E-state index in [2.05, 4.69) is 40.1 Å². The van der Waals surface area contributed by atoms with Gasteiger partial charge >= 0.3 is 0 Å². The van der Waals surface area contributed by atoms with Crippen LogP contribution in [0.15, 0.2) is 30.3 Å². The van der Waals surface area contributed by atoms with E-state index in [0.29, 0.717) is 6.42 Å². The van der Waals surface area contributed by atoms with Crippen LogP contribution in [0.4, 0.5) is 11.4 Å². The lowest BCUT2D eigenvalue weighted by atomic mass is 10.0. The summed E-state index contributed by atoms with van der Waals surface area (Å²) in [6.07, 6.45) is 0.655. The highest BCUT2D eigenvalue weighted by molar-refractivity contribution is 5.63. The Morgan fingerprint density at radius 3 is 1.68 bits per heavy atom. The van der Waals surface area contributed by atoms with Gasteiger partial charge in [0.25, 0.3) is 0 Å². The zero-order valence-corrected chi connectivity index (χ0v) is 18.7. The standard InChI is InChI=1S/C24H32N2O5/c1-27-22-15-19(25-6-10-30-11-7-25)5-4-18(22)14-21-23(28-2)16-20(17-24(21)29-3)26-8-12-31-13-9-26/h4-5,15-17H,6-14H2,1-3H3. The topological polar surface area (TPSA) is 52.6 Å². The highest BCUT2D eigenvalue weighted by Gasteiger charge is 2.20. The van der Waals surface area contributed by atoms with Crippen molar-refractivity contribution in [3.63, 3.8) is 0 Å². The maximum atomic E-state index is 5.78. The Morgan fingerprint density at radius 1 is 0.677 bits per heavy atom. The molecule has 0 N–H and O–H groups in total. The predicted molar refractivity (Wildman–Crippen MR) is 121 cm³/mol. The summed E-state index contributed by atoms with van der Waals surface area (Å²) >= 11 is 0. The second-order valence-electron chi connectivity index (χ2n) is 7.70. The molecule has 0 amide bonds. The Kier molecular flexibility index (Phi) is 7.04. The molecule has 7 nitrogen and oxygen atoms in total. The number of ether oxygens (including phenoxy) is 5. The molecule has 0 bridgehead atoms. The monoisotopic (exact) mass is 428 g/mol. The average Bonchev–Trinajstić information content (AvgIpc) is 2.85. The number of nitrogens with zero attached hydrogens (tertiary/aromatic N) is 2. The summed E-state index contributed by atoms with van der Waals surface area (Å²) in [5.74, 6) is 2.51. The van der Waals surface area contributed by atoms with Gasteiger partial charge in [-0.2, -0.15) is 0 Å². The Morgan fingerprint density at radius 2 is 1.16 bits per heavy atom. The summed E-state index contributed by atoms with van der Waals surface area (Å²) < 4.78 is 28.3. The van der Waals surface area contributed by atoms with Crippen molar-refractivity contribution in [2.75, 3.05) is 83.7 Å². The first kappa shape index (κ1) is 21.6. The Hall–Kier alpha value is -2.64. The van der Waals surface area contributed by atoms with Crippen LogP contribution in [0.2, 0.25) is 0 Å². The lowest BCUT2D eigenvalue weighted by molar-refractivity contribution is 0.122. The van der Waals surface area contributed by atoms with Crippen molar-refractivity contribution >= 4 is 11.4 Å². The van der Waals surface area contributed by atoms with E-state index in [0.717, 1.165) is 92.4 Å². The number of rotatable bonds is 7. The summed E-state index contributed by atoms with van der Waals surface area (Å²) in [6, 6.07) is 10.6. The average molecular weight is 429 g/mol. The predicted octanol–water partition coefficient (Wildman–Crippen LogP) is 2.98. The largest absolute Gasteiger partial charge is 0.496 e. The second-order valence-corrected chi connectivity index (χ2v) is 7.70. The van der Waals surface area contributed by atoms with Crippen LogP contribution in [0.1, 0.15) is 11.1 Å². The van der Waals surface area contributed by atoms with E-state index < -0.39 is 0 Å². The molecule has 2 fully saturated rings. The summed E-state index contributed by atoms with van der Waals surface area (Å²) in [5.41, 5.74) is 4.36. The van der Waals surface area contributed by atoms with Gasteiger partial charge in [-0.25, -0.2) is 0 Å². The molecule has 0 spiro atoms. The van der Waals surface area contributed by atoms with Crippen molar-refractivity contribution in [2.45, 2.75) is 6.42 Å². The van der Waals surface area contributed by atoms with E-state index >= 15 is 0 Å². The molecule has 31 heavy (non-hydrogen) atoms. The smallest absolute Gasteiger partial charge is 0.128 e. The van der Waals surface area contributed by atoms with Gasteiger partial charge in [0.05, 0.1) is 47.8 Å². The van der Waals surface area contributed by atoms with Crippen molar-refractivity contribution in [2.24, 2.45) is 0 Å². The third kappa shape index (κ3) is 4.83. The molecule has 0 radical (unpaired) electrons. The lowest BCUT2D eigenvalue weighted by Crippen LogP contribution is -2.36. The van der Waals surface area contributed by atoms with Crippen LogP contribution < -0.4 is 24.0 Å². The number of hydrogen-bond donors (Lipinski definition) is 0. The van der Waals surface area contributed by atoms with Crippen LogP contribution >= 0.6 is 0 Å². The summed E-state index contributed by atoms with van der Waals surface area (Å²) in [4.78, 5) is 4.63. The van der Waals surface area contributed by atoms with E-state index in [1.165, 1.54) is 0 Å². The highest BCUT2D eigenvalue weighted by Crippen LogP contribution is 2.38. The van der Waals surface area contributed by atoms with Gasteiger partial charge in [0.15, 0.2) is 0 Å². The zero-order valence-electron chi connectivity index (χ0n) is 18.7. The summed E-state index contributed by atoms with van der Waals surface area (Å²) in [7, 11) is 5.14. The zero-order chi connectivity index (χ0) is 21.6. The molecule has 168 valence electrons. The van der Waals surface area contributed by atoms with Gasteiger partial charge in [0, 0.05) is 67.7 Å². The molecular weight excluding hydrogens is 396 g/mol. The molecule has 0 atom stereocenters. The fourth-order valence-electron chi connectivity index (χ4n) is 4.24. The van der Waals surface area contributed by atoms with Gasteiger partial charge in [0.1, 0.15) is 17.2 Å². The van der Waals surface area contributed by atoms with E-state index in [1.807, 2.05) is 0 Å². The minimum atomic E-state index is 0.655. The molecule has 2 aliphatic heterocycles. The van der Waals surface area contributed by atoms with Crippen LogP contribution in [0.3, 0.4) is 0 Å². The molecule has 2 saturated heterocycles. The molecule has 2 aliphatic rings. The highest BCUT2D eigenvalue weighted by atomic mass is 16.5. The normalized spacial score (nSPS) is 16.9. The first-order chi connectivity index (χ1) is 15.2. The van der Waals surface area contributed by atoms with E-state index in [9.17, 15) is 0 Å². The quantitative estimate of drug-likeness (QED) is 0.672. The summed E-state index contributed by atoms with van der Waals surface area (Å²) in [5, 5.41) is 0. The SMILES string of the molecule is COc1cc(N2CCOCC2)ccc1Cc1c(OC)cc(N2CCOCC2)cc1OC. The van der Waals surface area contributed by atoms with Crippen molar-refractivity contribution in [3.05, 3.63) is 41.5 Å². The van der Waals surface area contributed by atoms with Gasteiger partial charge in [0.2, 0.25) is 0 Å². The molecule has 0 aromatic heterocycles. The van der Waals surface area contributed by atoms with Gasteiger partial charge in [-0.05, 0) is 11.6 Å². The Labute approximate surface area is 184 Å². The molecule has 0 unspecified atom stereocenters. The van der Waals surface area contributed by atoms with Crippen molar-refractivity contribution in [3.8, 4) is 17.2 Å². The maximum absolute atomic E-state index is 5.78. The van der Waals surface area contributed by atoms with Crippen LogP contribution in [0, 0.1) is 0 Å². The fourth-order valence-corrected chi connectivity index (χ4v) is 4.24. The van der Waals surface area contributed by atoms with Gasteiger partial charge in [-0.15, -0.1) is 0 Å². The number of hydrogen-bond acceptors (Lipinski definition) is 7. The third-order valence-corrected chi connectivity index (χ3v) is 5.98. The molecule has 2 aromatic carbocycles. The minimum absolute atomic E-state index is 0.655. The second kappa shape index (κ2) is 10.1. The maximum Gasteiger partial charge on any atom is 0.128 e. The Balaban J connectivity index is 1.63. The van der Waals surface area contributed by atoms with Crippen LogP contribution in [-0.2, 0) is 15.9 Å². The molecular formula is C24H32N2O5. The van der Waals surface area contributed by atoms with Gasteiger partial charge in [-0.3, -0.25) is 0 Å². The summed E-state index contributed by atoms with van der Waals surface area (Å²) in [6.45, 7) is 6.51. The number of anilines is 2. The van der Waals surface area contributed by atoms with Crippen molar-refractivity contribution in [1.82, 2.24) is 0 Å². The molecule has 4 rings (SSSR count). The van der Waals surface area contributed by atoms with E-state index in [1.54, 1.807) is 21.3 Å². The number of methoxy groups -OCH3 is 3. The number of morpholine rings is 2. The minimum Gasteiger partial charge on any atom is -0.496 e. The first-order valence-corrected chi connectivity index (χ1v) is 10.8. The lowest BCUT2D eigenvalue weighted by Gasteiger charge is -2.30. The van der Waals surface area contributed by atoms with Gasteiger partial charge in [-0.1, -0.05) is 6.07 Å². The first-order valence-electron chi connectivity index (χ1n) is 10.8. The molecule has 2 heterocycles. The van der Waals surface area contributed by atoms with Gasteiger partial charge < -0.3 is 33.5 Å². The molecule has 0 aliphatic carbocycles. The van der Waals surface area contributed by atoms with Crippen LogP contribution in [0.25, 0.3) is 0 Å². The number of benzene rings is 2. The van der Waals surface area contributed by atoms with Crippen molar-refractivity contribution in [1.29, 1.82) is 0 Å². The molecule has 7 heteroatoms. The third-order valence-electron chi connectivity index (χ3n) is 5.98. The fraction of sp³-hybridized carbons (Fsp3) is 0.500. The molecule has 2 aromatic rings. The van der Waals surface area contributed by atoms with Crippen molar-refractivity contribution < 1.29 is 23.7 Å². The molecule has 0 saturated carbocycles. The van der Waals surface area contributed by atoms with E-state index in [-0.39, 0.29) is 0 Å². The Bertz CT molecular complexity index is 851. The van der Waals surface area contributed by atoms with Crippen LogP contribution in [-0.4, -0.2) is 73.9 Å². The van der Waals surface area contributed by atoms with E-state index in [4.69, 9.17) is 23.7 Å².